The highest BCUT2D eigenvalue weighted by atomic mass is 16.5. The molecule has 0 spiro atoms. The van der Waals surface area contributed by atoms with E-state index in [2.05, 4.69) is 6.92 Å². The predicted molar refractivity (Wildman–Crippen MR) is 49.3 cm³/mol. The van der Waals surface area contributed by atoms with Gasteiger partial charge in [0, 0.05) is 0 Å². The fourth-order valence-electron chi connectivity index (χ4n) is 3.43. The molecule has 0 radical (unpaired) electrons. The molecule has 3 fully saturated rings. The van der Waals surface area contributed by atoms with E-state index in [-0.39, 0.29) is 5.60 Å². The first-order valence-corrected chi connectivity index (χ1v) is 5.57. The van der Waals surface area contributed by atoms with Crippen LogP contribution in [0.2, 0.25) is 0 Å². The van der Waals surface area contributed by atoms with Crippen molar-refractivity contribution >= 4 is 0 Å². The van der Waals surface area contributed by atoms with Crippen LogP contribution in [0.3, 0.4) is 0 Å². The van der Waals surface area contributed by atoms with E-state index in [0.717, 1.165) is 19.6 Å². The molecule has 0 aromatic rings. The number of rotatable bonds is 3. The summed E-state index contributed by atoms with van der Waals surface area (Å²) in [7, 11) is 0. The first-order chi connectivity index (χ1) is 6.27. The van der Waals surface area contributed by atoms with Gasteiger partial charge in [0.2, 0.25) is 0 Å². The Kier molecular flexibility index (Phi) is 1.58. The zero-order chi connectivity index (χ0) is 9.05. The van der Waals surface area contributed by atoms with Crippen molar-refractivity contribution in [2.75, 3.05) is 13.2 Å². The van der Waals surface area contributed by atoms with Gasteiger partial charge in [-0.25, -0.2) is 0 Å². The SMILES string of the molecule is CCCC1CC1(O)C1C2COCC21. The zero-order valence-corrected chi connectivity index (χ0v) is 8.20. The second-order valence-electron chi connectivity index (χ2n) is 5.07. The molecular formula is C11H18O2. The third-order valence-electron chi connectivity index (χ3n) is 4.29. The Morgan fingerprint density at radius 2 is 2.08 bits per heavy atom. The molecule has 74 valence electrons. The molecule has 4 atom stereocenters. The summed E-state index contributed by atoms with van der Waals surface area (Å²) in [4.78, 5) is 0. The Morgan fingerprint density at radius 1 is 1.38 bits per heavy atom. The fourth-order valence-corrected chi connectivity index (χ4v) is 3.43. The molecule has 1 heterocycles. The number of aliphatic hydroxyl groups is 1. The Labute approximate surface area is 79.3 Å². The average Bonchev–Trinajstić information content (AvgIpc) is 2.90. The minimum atomic E-state index is -0.255. The fraction of sp³-hybridized carbons (Fsp3) is 1.00. The summed E-state index contributed by atoms with van der Waals surface area (Å²) in [6.07, 6.45) is 3.50. The van der Waals surface area contributed by atoms with Crippen LogP contribution < -0.4 is 0 Å². The minimum Gasteiger partial charge on any atom is -0.389 e. The summed E-state index contributed by atoms with van der Waals surface area (Å²) in [6.45, 7) is 4.03. The van der Waals surface area contributed by atoms with Gasteiger partial charge >= 0.3 is 0 Å². The maximum Gasteiger partial charge on any atom is 0.0715 e. The molecule has 0 aromatic heterocycles. The van der Waals surface area contributed by atoms with Crippen LogP contribution in [0.15, 0.2) is 0 Å². The Balaban J connectivity index is 1.62. The highest BCUT2D eigenvalue weighted by molar-refractivity contribution is 5.19. The van der Waals surface area contributed by atoms with Gasteiger partial charge in [0.05, 0.1) is 18.8 Å². The van der Waals surface area contributed by atoms with E-state index in [4.69, 9.17) is 4.74 Å². The molecule has 0 amide bonds. The summed E-state index contributed by atoms with van der Waals surface area (Å²) in [5, 5.41) is 10.3. The normalized spacial score (nSPS) is 57.7. The van der Waals surface area contributed by atoms with Crippen LogP contribution in [0.25, 0.3) is 0 Å². The van der Waals surface area contributed by atoms with Crippen LogP contribution in [0.4, 0.5) is 0 Å². The molecule has 4 unspecified atom stereocenters. The zero-order valence-electron chi connectivity index (χ0n) is 8.20. The molecular weight excluding hydrogens is 164 g/mol. The molecule has 2 nitrogen and oxygen atoms in total. The predicted octanol–water partition coefficient (Wildman–Crippen LogP) is 1.43. The lowest BCUT2D eigenvalue weighted by Gasteiger charge is -2.12. The first-order valence-electron chi connectivity index (χ1n) is 5.57. The van der Waals surface area contributed by atoms with E-state index in [1.165, 1.54) is 12.8 Å². The Bertz CT molecular complexity index is 218. The molecule has 2 aliphatic carbocycles. The van der Waals surface area contributed by atoms with Gasteiger partial charge in [0.25, 0.3) is 0 Å². The number of fused-ring (bicyclic) bond motifs is 1. The van der Waals surface area contributed by atoms with E-state index >= 15 is 0 Å². The average molecular weight is 182 g/mol. The van der Waals surface area contributed by atoms with Gasteiger partial charge in [-0.3, -0.25) is 0 Å². The molecule has 3 rings (SSSR count). The van der Waals surface area contributed by atoms with Gasteiger partial charge in [0.15, 0.2) is 0 Å². The molecule has 0 bridgehead atoms. The van der Waals surface area contributed by atoms with Crippen LogP contribution in [0, 0.1) is 23.7 Å². The van der Waals surface area contributed by atoms with Crippen molar-refractivity contribution in [3.8, 4) is 0 Å². The summed E-state index contributed by atoms with van der Waals surface area (Å²) >= 11 is 0. The topological polar surface area (TPSA) is 29.5 Å². The Hall–Kier alpha value is -0.0800. The lowest BCUT2D eigenvalue weighted by Crippen LogP contribution is -2.19. The van der Waals surface area contributed by atoms with Crippen LogP contribution in [0.5, 0.6) is 0 Å². The second kappa shape index (κ2) is 2.48. The summed E-state index contributed by atoms with van der Waals surface area (Å²) in [5.41, 5.74) is -0.255. The molecule has 3 aliphatic rings. The maximum atomic E-state index is 10.3. The molecule has 1 N–H and O–H groups in total. The second-order valence-corrected chi connectivity index (χ2v) is 5.07. The molecule has 13 heavy (non-hydrogen) atoms. The van der Waals surface area contributed by atoms with Crippen LogP contribution in [0.1, 0.15) is 26.2 Å². The third-order valence-corrected chi connectivity index (χ3v) is 4.29. The van der Waals surface area contributed by atoms with Crippen molar-refractivity contribution in [1.29, 1.82) is 0 Å². The molecule has 1 saturated heterocycles. The van der Waals surface area contributed by atoms with Crippen molar-refractivity contribution < 1.29 is 9.84 Å². The van der Waals surface area contributed by atoms with Crippen molar-refractivity contribution in [2.45, 2.75) is 31.8 Å². The van der Waals surface area contributed by atoms with Gasteiger partial charge in [-0.05, 0) is 36.5 Å². The van der Waals surface area contributed by atoms with Gasteiger partial charge < -0.3 is 9.84 Å². The number of hydrogen-bond donors (Lipinski definition) is 1. The largest absolute Gasteiger partial charge is 0.389 e. The first kappa shape index (κ1) is 8.25. The monoisotopic (exact) mass is 182 g/mol. The van der Waals surface area contributed by atoms with Gasteiger partial charge in [-0.15, -0.1) is 0 Å². The Morgan fingerprint density at radius 3 is 2.69 bits per heavy atom. The summed E-state index contributed by atoms with van der Waals surface area (Å²) < 4.78 is 5.34. The highest BCUT2D eigenvalue weighted by Gasteiger charge is 2.71. The van der Waals surface area contributed by atoms with Gasteiger partial charge in [-0.1, -0.05) is 13.3 Å². The number of ether oxygens (including phenoxy) is 1. The quantitative estimate of drug-likeness (QED) is 0.715. The van der Waals surface area contributed by atoms with Gasteiger partial charge in [-0.2, -0.15) is 0 Å². The van der Waals surface area contributed by atoms with Crippen molar-refractivity contribution in [1.82, 2.24) is 0 Å². The lowest BCUT2D eigenvalue weighted by molar-refractivity contribution is 0.0589. The standard InChI is InChI=1S/C11H18O2/c1-2-3-7-4-11(7,12)10-8-5-13-6-9(8)10/h7-10,12H,2-6H2,1H3. The lowest BCUT2D eigenvalue weighted by atomic mass is 10.1. The summed E-state index contributed by atoms with van der Waals surface area (Å²) in [6, 6.07) is 0. The van der Waals surface area contributed by atoms with E-state index in [0.29, 0.717) is 23.7 Å². The molecule has 2 saturated carbocycles. The van der Waals surface area contributed by atoms with Crippen LogP contribution in [-0.2, 0) is 4.74 Å². The number of hydrogen-bond acceptors (Lipinski definition) is 2. The van der Waals surface area contributed by atoms with Gasteiger partial charge in [0.1, 0.15) is 0 Å². The maximum absolute atomic E-state index is 10.3. The van der Waals surface area contributed by atoms with E-state index in [1.54, 1.807) is 0 Å². The van der Waals surface area contributed by atoms with Crippen molar-refractivity contribution in [3.05, 3.63) is 0 Å². The smallest absolute Gasteiger partial charge is 0.0715 e. The molecule has 1 aliphatic heterocycles. The van der Waals surface area contributed by atoms with Crippen molar-refractivity contribution in [3.63, 3.8) is 0 Å². The molecule has 0 aromatic carbocycles. The van der Waals surface area contributed by atoms with Crippen molar-refractivity contribution in [2.24, 2.45) is 23.7 Å². The van der Waals surface area contributed by atoms with E-state index in [9.17, 15) is 5.11 Å². The molecule has 2 heteroatoms. The van der Waals surface area contributed by atoms with E-state index < -0.39 is 0 Å². The minimum absolute atomic E-state index is 0.255. The van der Waals surface area contributed by atoms with E-state index in [1.807, 2.05) is 0 Å². The highest BCUT2D eigenvalue weighted by Crippen LogP contribution is 2.67. The summed E-state index contributed by atoms with van der Waals surface area (Å²) in [5.74, 6) is 2.66. The van der Waals surface area contributed by atoms with Crippen LogP contribution in [-0.4, -0.2) is 23.9 Å². The third kappa shape index (κ3) is 1.02. The van der Waals surface area contributed by atoms with Crippen LogP contribution >= 0.6 is 0 Å².